The van der Waals surface area contributed by atoms with Crippen molar-refractivity contribution in [1.82, 2.24) is 4.98 Å². The molecular weight excluding hydrogens is 144 g/mol. The van der Waals surface area contributed by atoms with E-state index < -0.39 is 0 Å². The normalized spacial score (nSPS) is 8.50. The van der Waals surface area contributed by atoms with Gasteiger partial charge in [-0.15, -0.1) is 11.3 Å². The van der Waals surface area contributed by atoms with Gasteiger partial charge >= 0.3 is 0 Å². The van der Waals surface area contributed by atoms with Crippen molar-refractivity contribution >= 4 is 11.3 Å². The zero-order valence-electron chi connectivity index (χ0n) is 5.50. The molecule has 0 saturated carbocycles. The van der Waals surface area contributed by atoms with Gasteiger partial charge in [-0.05, 0) is 5.92 Å². The second-order valence-corrected chi connectivity index (χ2v) is 2.43. The van der Waals surface area contributed by atoms with Gasteiger partial charge in [0.25, 0.3) is 0 Å². The monoisotopic (exact) mass is 152 g/mol. The van der Waals surface area contributed by atoms with Crippen molar-refractivity contribution in [3.05, 3.63) is 16.6 Å². The molecule has 52 valence electrons. The maximum absolute atomic E-state index is 5.25. The van der Waals surface area contributed by atoms with E-state index in [0.717, 1.165) is 12.1 Å². The summed E-state index contributed by atoms with van der Waals surface area (Å²) < 4.78 is 0. The smallest absolute Gasteiger partial charge is 0.124 e. The van der Waals surface area contributed by atoms with Crippen LogP contribution in [0.1, 0.15) is 12.1 Å². The van der Waals surface area contributed by atoms with Crippen LogP contribution in [-0.4, -0.2) is 11.5 Å². The molecule has 0 radical (unpaired) electrons. The predicted octanol–water partition coefficient (Wildman–Crippen LogP) is 0.843. The minimum Gasteiger partial charge on any atom is -0.330 e. The fourth-order valence-electron chi connectivity index (χ4n) is 0.499. The number of thiazole rings is 1. The largest absolute Gasteiger partial charge is 0.330 e. The van der Waals surface area contributed by atoms with Gasteiger partial charge in [0.1, 0.15) is 5.69 Å². The second-order valence-electron chi connectivity index (χ2n) is 1.71. The summed E-state index contributed by atoms with van der Waals surface area (Å²) >= 11 is 1.55. The number of hydrogen-bond acceptors (Lipinski definition) is 3. The first-order valence-corrected chi connectivity index (χ1v) is 3.95. The van der Waals surface area contributed by atoms with Gasteiger partial charge < -0.3 is 5.73 Å². The average Bonchev–Trinajstić information content (AvgIpc) is 2.41. The molecule has 0 amide bonds. The highest BCUT2D eigenvalue weighted by Gasteiger charge is 1.83. The Bertz CT molecular complexity index is 230. The molecule has 1 aromatic rings. The number of nitrogens with zero attached hydrogens (tertiary/aromatic N) is 1. The third-order valence-corrected chi connectivity index (χ3v) is 1.50. The van der Waals surface area contributed by atoms with E-state index in [9.17, 15) is 0 Å². The van der Waals surface area contributed by atoms with Gasteiger partial charge in [0.15, 0.2) is 0 Å². The molecule has 0 spiro atoms. The molecule has 1 heterocycles. The van der Waals surface area contributed by atoms with E-state index in [1.807, 2.05) is 5.38 Å². The quantitative estimate of drug-likeness (QED) is 0.606. The molecule has 3 heteroatoms. The second kappa shape index (κ2) is 4.04. The average molecular weight is 152 g/mol. The molecule has 0 saturated heterocycles. The Morgan fingerprint density at radius 2 is 2.60 bits per heavy atom. The summed E-state index contributed by atoms with van der Waals surface area (Å²) in [4.78, 5) is 3.99. The van der Waals surface area contributed by atoms with Gasteiger partial charge in [-0.3, -0.25) is 0 Å². The Morgan fingerprint density at radius 3 is 3.20 bits per heavy atom. The number of nitrogens with two attached hydrogens (primary N) is 1. The van der Waals surface area contributed by atoms with Crippen molar-refractivity contribution in [3.63, 3.8) is 0 Å². The molecule has 0 aliphatic rings. The summed E-state index contributed by atoms with van der Waals surface area (Å²) in [5.74, 6) is 5.80. The van der Waals surface area contributed by atoms with Gasteiger partial charge in [-0.25, -0.2) is 4.98 Å². The molecule has 1 rings (SSSR count). The number of hydrogen-bond donors (Lipinski definition) is 1. The zero-order valence-corrected chi connectivity index (χ0v) is 6.32. The highest BCUT2D eigenvalue weighted by atomic mass is 32.1. The van der Waals surface area contributed by atoms with Gasteiger partial charge in [0.05, 0.1) is 5.51 Å². The minimum absolute atomic E-state index is 0.622. The summed E-state index contributed by atoms with van der Waals surface area (Å²) in [5.41, 5.74) is 7.86. The van der Waals surface area contributed by atoms with Crippen LogP contribution < -0.4 is 5.73 Å². The van der Waals surface area contributed by atoms with Crippen LogP contribution in [0.5, 0.6) is 0 Å². The van der Waals surface area contributed by atoms with Crippen molar-refractivity contribution in [3.8, 4) is 11.8 Å². The van der Waals surface area contributed by atoms with Crippen molar-refractivity contribution in [2.24, 2.45) is 5.73 Å². The van der Waals surface area contributed by atoms with Crippen LogP contribution in [0.15, 0.2) is 10.9 Å². The third-order valence-electron chi connectivity index (χ3n) is 0.918. The van der Waals surface area contributed by atoms with E-state index in [1.54, 1.807) is 16.8 Å². The van der Waals surface area contributed by atoms with Crippen LogP contribution >= 0.6 is 11.3 Å². The lowest BCUT2D eigenvalue weighted by molar-refractivity contribution is 1.03. The van der Waals surface area contributed by atoms with Crippen LogP contribution in [0.4, 0.5) is 0 Å². The van der Waals surface area contributed by atoms with Crippen molar-refractivity contribution < 1.29 is 0 Å². The van der Waals surface area contributed by atoms with Crippen LogP contribution in [0.3, 0.4) is 0 Å². The molecular formula is C7H8N2S. The Morgan fingerprint density at radius 1 is 1.70 bits per heavy atom. The Kier molecular flexibility index (Phi) is 2.94. The van der Waals surface area contributed by atoms with Crippen molar-refractivity contribution in [2.45, 2.75) is 6.42 Å². The van der Waals surface area contributed by atoms with E-state index in [2.05, 4.69) is 16.8 Å². The van der Waals surface area contributed by atoms with E-state index >= 15 is 0 Å². The summed E-state index contributed by atoms with van der Waals surface area (Å²) in [6.45, 7) is 0.622. The number of aromatic nitrogens is 1. The maximum Gasteiger partial charge on any atom is 0.124 e. The van der Waals surface area contributed by atoms with Gasteiger partial charge in [-0.2, -0.15) is 0 Å². The van der Waals surface area contributed by atoms with Gasteiger partial charge in [0, 0.05) is 18.3 Å². The molecule has 0 aromatic carbocycles. The fraction of sp³-hybridized carbons (Fsp3) is 0.286. The minimum atomic E-state index is 0.622. The Labute approximate surface area is 64.1 Å². The van der Waals surface area contributed by atoms with E-state index in [-0.39, 0.29) is 0 Å². The summed E-state index contributed by atoms with van der Waals surface area (Å²) in [7, 11) is 0. The lowest BCUT2D eigenvalue weighted by Crippen LogP contribution is -1.95. The molecule has 0 atom stereocenters. The van der Waals surface area contributed by atoms with Crippen molar-refractivity contribution in [2.75, 3.05) is 6.54 Å². The van der Waals surface area contributed by atoms with Crippen LogP contribution in [0, 0.1) is 11.8 Å². The molecule has 2 nitrogen and oxygen atoms in total. The summed E-state index contributed by atoms with van der Waals surface area (Å²) in [6.07, 6.45) is 0.748. The molecule has 0 aliphatic carbocycles. The van der Waals surface area contributed by atoms with Gasteiger partial charge in [-0.1, -0.05) is 5.92 Å². The van der Waals surface area contributed by atoms with E-state index in [0.29, 0.717) is 6.54 Å². The van der Waals surface area contributed by atoms with Crippen LogP contribution in [-0.2, 0) is 0 Å². The molecule has 2 N–H and O–H groups in total. The Balaban J connectivity index is 2.49. The predicted molar refractivity (Wildman–Crippen MR) is 42.7 cm³/mol. The SMILES string of the molecule is NCCC#Cc1cscn1. The molecule has 0 fully saturated rings. The number of rotatable bonds is 1. The molecule has 0 aliphatic heterocycles. The maximum atomic E-state index is 5.25. The van der Waals surface area contributed by atoms with E-state index in [4.69, 9.17) is 5.73 Å². The first kappa shape index (κ1) is 7.26. The van der Waals surface area contributed by atoms with Crippen molar-refractivity contribution in [1.29, 1.82) is 0 Å². The fourth-order valence-corrected chi connectivity index (χ4v) is 0.983. The lowest BCUT2D eigenvalue weighted by Gasteiger charge is -1.77. The van der Waals surface area contributed by atoms with Crippen LogP contribution in [0.2, 0.25) is 0 Å². The zero-order chi connectivity index (χ0) is 7.23. The van der Waals surface area contributed by atoms with E-state index in [1.165, 1.54) is 0 Å². The standard InChI is InChI=1S/C7H8N2S/c8-4-2-1-3-7-5-10-6-9-7/h5-6H,2,4,8H2. The van der Waals surface area contributed by atoms with Crippen LogP contribution in [0.25, 0.3) is 0 Å². The Hall–Kier alpha value is -0.850. The topological polar surface area (TPSA) is 38.9 Å². The third kappa shape index (κ3) is 2.18. The molecule has 0 unspecified atom stereocenters. The molecule has 10 heavy (non-hydrogen) atoms. The highest BCUT2D eigenvalue weighted by Crippen LogP contribution is 1.97. The summed E-state index contributed by atoms with van der Waals surface area (Å²) in [6, 6.07) is 0. The highest BCUT2D eigenvalue weighted by molar-refractivity contribution is 7.07. The first-order valence-electron chi connectivity index (χ1n) is 3.00. The molecule has 1 aromatic heterocycles. The lowest BCUT2D eigenvalue weighted by atomic mass is 10.4. The van der Waals surface area contributed by atoms with Gasteiger partial charge in [0.2, 0.25) is 0 Å². The first-order chi connectivity index (χ1) is 4.93. The molecule has 0 bridgehead atoms. The summed E-state index contributed by atoms with van der Waals surface area (Å²) in [5, 5.41) is 1.92.